The molecule has 1 heterocycles. The van der Waals surface area contributed by atoms with E-state index in [4.69, 9.17) is 14.7 Å². The van der Waals surface area contributed by atoms with Crippen LogP contribution >= 0.6 is 11.3 Å². The average Bonchev–Trinajstić information content (AvgIpc) is 3.09. The molecule has 0 unspecified atom stereocenters. The monoisotopic (exact) mass is 340 g/mol. The number of nitriles is 1. The molecule has 6 heteroatoms. The summed E-state index contributed by atoms with van der Waals surface area (Å²) in [6.45, 7) is 0.229. The minimum atomic E-state index is -0.298. The molecule has 1 aromatic heterocycles. The molecule has 0 radical (unpaired) electrons. The lowest BCUT2D eigenvalue weighted by atomic mass is 10.2. The zero-order valence-corrected chi connectivity index (χ0v) is 13.6. The van der Waals surface area contributed by atoms with Crippen molar-refractivity contribution >= 4 is 11.3 Å². The van der Waals surface area contributed by atoms with Crippen molar-refractivity contribution in [3.05, 3.63) is 64.9 Å². The number of benzene rings is 2. The van der Waals surface area contributed by atoms with Crippen LogP contribution in [0.25, 0.3) is 10.6 Å². The third-order valence-corrected chi connectivity index (χ3v) is 4.25. The first kappa shape index (κ1) is 16.0. The van der Waals surface area contributed by atoms with E-state index in [0.717, 1.165) is 0 Å². The minimum Gasteiger partial charge on any atom is -0.493 e. The maximum Gasteiger partial charge on any atom is 0.162 e. The average molecular weight is 340 g/mol. The van der Waals surface area contributed by atoms with E-state index >= 15 is 0 Å². The molecule has 3 rings (SSSR count). The maximum absolute atomic E-state index is 13.8. The molecule has 4 nitrogen and oxygen atoms in total. The topological polar surface area (TPSA) is 55.1 Å². The molecule has 0 saturated carbocycles. The van der Waals surface area contributed by atoms with Gasteiger partial charge in [-0.2, -0.15) is 5.26 Å². The summed E-state index contributed by atoms with van der Waals surface area (Å²) in [7, 11) is 1.52. The summed E-state index contributed by atoms with van der Waals surface area (Å²) in [5.74, 6) is 0.712. The van der Waals surface area contributed by atoms with Crippen LogP contribution in [0, 0.1) is 17.1 Å². The van der Waals surface area contributed by atoms with Gasteiger partial charge in [-0.1, -0.05) is 12.1 Å². The molecule has 0 aliphatic carbocycles. The molecule has 0 spiro atoms. The van der Waals surface area contributed by atoms with Gasteiger partial charge in [-0.15, -0.1) is 11.3 Å². The summed E-state index contributed by atoms with van der Waals surface area (Å²) in [5, 5.41) is 11.3. The van der Waals surface area contributed by atoms with Gasteiger partial charge in [0, 0.05) is 17.0 Å². The van der Waals surface area contributed by atoms with E-state index in [1.807, 2.05) is 11.4 Å². The fraction of sp³-hybridized carbons (Fsp3) is 0.111. The predicted octanol–water partition coefficient (Wildman–Crippen LogP) is 4.41. The van der Waals surface area contributed by atoms with Crippen LogP contribution in [0.15, 0.2) is 47.8 Å². The fourth-order valence-corrected chi connectivity index (χ4v) is 2.97. The largest absolute Gasteiger partial charge is 0.493 e. The number of hydrogen-bond donors (Lipinski definition) is 0. The Bertz CT molecular complexity index is 902. The van der Waals surface area contributed by atoms with E-state index < -0.39 is 0 Å². The smallest absolute Gasteiger partial charge is 0.162 e. The Morgan fingerprint density at radius 2 is 2.04 bits per heavy atom. The van der Waals surface area contributed by atoms with Crippen LogP contribution < -0.4 is 9.47 Å². The van der Waals surface area contributed by atoms with Crippen LogP contribution in [0.3, 0.4) is 0 Å². The number of thiazole rings is 1. The highest BCUT2D eigenvalue weighted by molar-refractivity contribution is 7.13. The van der Waals surface area contributed by atoms with Gasteiger partial charge in [0.25, 0.3) is 0 Å². The van der Waals surface area contributed by atoms with Crippen molar-refractivity contribution in [3.63, 3.8) is 0 Å². The molecule has 0 atom stereocenters. The van der Waals surface area contributed by atoms with Crippen molar-refractivity contribution in [1.82, 2.24) is 4.98 Å². The molecule has 0 N–H and O–H groups in total. The number of hydrogen-bond acceptors (Lipinski definition) is 5. The van der Waals surface area contributed by atoms with Crippen LogP contribution in [0.2, 0.25) is 0 Å². The second-order valence-corrected chi connectivity index (χ2v) is 5.75. The first-order valence-corrected chi connectivity index (χ1v) is 7.99. The van der Waals surface area contributed by atoms with E-state index in [9.17, 15) is 4.39 Å². The Labute approximate surface area is 142 Å². The first-order valence-electron chi connectivity index (χ1n) is 7.11. The third-order valence-electron chi connectivity index (χ3n) is 3.32. The molecule has 0 amide bonds. The standard InChI is InChI=1S/C18H13FN2O2S/c1-22-17-8-12(9-20)6-7-16(17)23-10-13-11-24-18(21-13)14-4-2-3-5-15(14)19/h2-8,11H,10H2,1H3. The van der Waals surface area contributed by atoms with Crippen molar-refractivity contribution < 1.29 is 13.9 Å². The Balaban J connectivity index is 1.75. The lowest BCUT2D eigenvalue weighted by Crippen LogP contribution is -1.98. The van der Waals surface area contributed by atoms with Gasteiger partial charge in [-0.25, -0.2) is 9.37 Å². The second kappa shape index (κ2) is 7.11. The SMILES string of the molecule is COc1cc(C#N)ccc1OCc1csc(-c2ccccc2F)n1. The summed E-state index contributed by atoms with van der Waals surface area (Å²) in [6, 6.07) is 13.5. The van der Waals surface area contributed by atoms with Crippen LogP contribution in [0.4, 0.5) is 4.39 Å². The van der Waals surface area contributed by atoms with Crippen molar-refractivity contribution in [2.45, 2.75) is 6.61 Å². The fourth-order valence-electron chi connectivity index (χ4n) is 2.14. The van der Waals surface area contributed by atoms with E-state index in [2.05, 4.69) is 4.98 Å². The van der Waals surface area contributed by atoms with Crippen LogP contribution in [0.1, 0.15) is 11.3 Å². The molecule has 0 aliphatic heterocycles. The zero-order valence-electron chi connectivity index (χ0n) is 12.8. The Hall–Kier alpha value is -2.91. The van der Waals surface area contributed by atoms with Crippen LogP contribution in [-0.4, -0.2) is 12.1 Å². The highest BCUT2D eigenvalue weighted by atomic mass is 32.1. The summed E-state index contributed by atoms with van der Waals surface area (Å²) < 4.78 is 24.7. The molecule has 0 aliphatic rings. The quantitative estimate of drug-likeness (QED) is 0.690. The predicted molar refractivity (Wildman–Crippen MR) is 89.5 cm³/mol. The Morgan fingerprint density at radius 1 is 1.21 bits per heavy atom. The van der Waals surface area contributed by atoms with Crippen molar-refractivity contribution in [1.29, 1.82) is 5.26 Å². The normalized spacial score (nSPS) is 10.2. The van der Waals surface area contributed by atoms with E-state index in [0.29, 0.717) is 33.3 Å². The van der Waals surface area contributed by atoms with Crippen molar-refractivity contribution in [2.24, 2.45) is 0 Å². The molecule has 2 aromatic carbocycles. The molecular formula is C18H13FN2O2S. The minimum absolute atomic E-state index is 0.229. The summed E-state index contributed by atoms with van der Waals surface area (Å²) in [4.78, 5) is 4.41. The number of methoxy groups -OCH3 is 1. The Kier molecular flexibility index (Phi) is 4.73. The molecule has 24 heavy (non-hydrogen) atoms. The Morgan fingerprint density at radius 3 is 2.79 bits per heavy atom. The van der Waals surface area contributed by atoms with Gasteiger partial charge in [0.05, 0.1) is 24.4 Å². The molecular weight excluding hydrogens is 327 g/mol. The third kappa shape index (κ3) is 3.36. The van der Waals surface area contributed by atoms with Crippen LogP contribution in [0.5, 0.6) is 11.5 Å². The van der Waals surface area contributed by atoms with Gasteiger partial charge >= 0.3 is 0 Å². The van der Waals surface area contributed by atoms with Gasteiger partial charge < -0.3 is 9.47 Å². The summed E-state index contributed by atoms with van der Waals surface area (Å²) in [5.41, 5.74) is 1.67. The molecule has 0 saturated heterocycles. The lowest BCUT2D eigenvalue weighted by Gasteiger charge is -2.09. The first-order chi connectivity index (χ1) is 11.7. The molecule has 0 bridgehead atoms. The van der Waals surface area contributed by atoms with Crippen molar-refractivity contribution in [2.75, 3.05) is 7.11 Å². The number of halogens is 1. The van der Waals surface area contributed by atoms with Gasteiger partial charge in [0.2, 0.25) is 0 Å². The van der Waals surface area contributed by atoms with E-state index in [1.54, 1.807) is 36.4 Å². The molecule has 3 aromatic rings. The second-order valence-electron chi connectivity index (χ2n) is 4.89. The zero-order chi connectivity index (χ0) is 16.9. The van der Waals surface area contributed by atoms with Crippen LogP contribution in [-0.2, 0) is 6.61 Å². The maximum atomic E-state index is 13.8. The molecule has 120 valence electrons. The number of nitrogens with zero attached hydrogens (tertiary/aromatic N) is 2. The van der Waals surface area contributed by atoms with E-state index in [1.165, 1.54) is 24.5 Å². The highest BCUT2D eigenvalue weighted by Crippen LogP contribution is 2.30. The number of aromatic nitrogens is 1. The van der Waals surface area contributed by atoms with Crippen molar-refractivity contribution in [3.8, 4) is 28.1 Å². The van der Waals surface area contributed by atoms with Gasteiger partial charge in [-0.05, 0) is 24.3 Å². The highest BCUT2D eigenvalue weighted by Gasteiger charge is 2.11. The number of rotatable bonds is 5. The summed E-state index contributed by atoms with van der Waals surface area (Å²) in [6.07, 6.45) is 0. The van der Waals surface area contributed by atoms with Gasteiger partial charge in [-0.3, -0.25) is 0 Å². The van der Waals surface area contributed by atoms with Gasteiger partial charge in [0.15, 0.2) is 11.5 Å². The number of ether oxygens (including phenoxy) is 2. The lowest BCUT2D eigenvalue weighted by molar-refractivity contribution is 0.281. The van der Waals surface area contributed by atoms with E-state index in [-0.39, 0.29) is 12.4 Å². The summed E-state index contributed by atoms with van der Waals surface area (Å²) >= 11 is 1.36. The van der Waals surface area contributed by atoms with Gasteiger partial charge in [0.1, 0.15) is 17.4 Å². The molecule has 0 fully saturated rings.